The van der Waals surface area contributed by atoms with Crippen LogP contribution in [0.2, 0.25) is 0 Å². The second-order valence-electron chi connectivity index (χ2n) is 7.53. The molecule has 0 bridgehead atoms. The predicted octanol–water partition coefficient (Wildman–Crippen LogP) is 3.08. The van der Waals surface area contributed by atoms with Gasteiger partial charge in [0.25, 0.3) is 0 Å². The number of nitrogens with zero attached hydrogens (tertiary/aromatic N) is 1. The molecule has 1 amide bonds. The van der Waals surface area contributed by atoms with Gasteiger partial charge in [0, 0.05) is 12.8 Å². The standard InChI is InChI=1S/C18H27NO3S/c1-13(23(5,21)22)17(20)19-12-6-7-16(19)14-8-10-15(11-9-14)18(2,3)4/h8-11,13,16H,6-7,12H2,1-5H3/t13-,16+/m1/s1. The van der Waals surface area contributed by atoms with Gasteiger partial charge in [0.05, 0.1) is 6.04 Å². The van der Waals surface area contributed by atoms with E-state index in [2.05, 4.69) is 45.0 Å². The Morgan fingerprint density at radius 1 is 1.22 bits per heavy atom. The van der Waals surface area contributed by atoms with Gasteiger partial charge in [0.15, 0.2) is 9.84 Å². The zero-order valence-corrected chi connectivity index (χ0v) is 15.5. The van der Waals surface area contributed by atoms with Crippen molar-refractivity contribution in [3.05, 3.63) is 35.4 Å². The molecule has 1 aliphatic heterocycles. The third kappa shape index (κ3) is 3.94. The van der Waals surface area contributed by atoms with Crippen molar-refractivity contribution < 1.29 is 13.2 Å². The van der Waals surface area contributed by atoms with Crippen molar-refractivity contribution in [1.29, 1.82) is 0 Å². The number of benzene rings is 1. The first kappa shape index (κ1) is 18.0. The zero-order valence-electron chi connectivity index (χ0n) is 14.7. The lowest BCUT2D eigenvalue weighted by atomic mass is 9.86. The van der Waals surface area contributed by atoms with E-state index in [1.54, 1.807) is 4.90 Å². The molecule has 2 rings (SSSR count). The van der Waals surface area contributed by atoms with Crippen LogP contribution >= 0.6 is 0 Å². The first-order valence-corrected chi connectivity index (χ1v) is 10.1. The minimum atomic E-state index is -3.36. The average molecular weight is 337 g/mol. The number of hydrogen-bond donors (Lipinski definition) is 0. The van der Waals surface area contributed by atoms with E-state index in [1.165, 1.54) is 12.5 Å². The van der Waals surface area contributed by atoms with Crippen molar-refractivity contribution in [2.24, 2.45) is 0 Å². The maximum absolute atomic E-state index is 12.5. The molecule has 4 nitrogen and oxygen atoms in total. The van der Waals surface area contributed by atoms with E-state index in [9.17, 15) is 13.2 Å². The lowest BCUT2D eigenvalue weighted by molar-refractivity contribution is -0.131. The third-order valence-corrected chi connectivity index (χ3v) is 6.17. The van der Waals surface area contributed by atoms with Gasteiger partial charge in [-0.3, -0.25) is 4.79 Å². The molecule has 5 heteroatoms. The minimum Gasteiger partial charge on any atom is -0.335 e. The molecule has 0 aromatic heterocycles. The van der Waals surface area contributed by atoms with Crippen molar-refractivity contribution in [2.75, 3.05) is 12.8 Å². The van der Waals surface area contributed by atoms with Crippen LogP contribution in [-0.2, 0) is 20.0 Å². The molecule has 1 aliphatic rings. The van der Waals surface area contributed by atoms with Gasteiger partial charge >= 0.3 is 0 Å². The number of likely N-dealkylation sites (tertiary alicyclic amines) is 1. The summed E-state index contributed by atoms with van der Waals surface area (Å²) < 4.78 is 23.4. The monoisotopic (exact) mass is 337 g/mol. The minimum absolute atomic E-state index is 0.0132. The van der Waals surface area contributed by atoms with Gasteiger partial charge in [-0.2, -0.15) is 0 Å². The van der Waals surface area contributed by atoms with E-state index in [-0.39, 0.29) is 17.4 Å². The van der Waals surface area contributed by atoms with Crippen LogP contribution in [0.3, 0.4) is 0 Å². The molecular formula is C18H27NO3S. The van der Waals surface area contributed by atoms with E-state index in [4.69, 9.17) is 0 Å². The number of rotatable bonds is 3. The Kier molecular flexibility index (Phi) is 4.90. The maximum Gasteiger partial charge on any atom is 0.241 e. The molecule has 1 aromatic rings. The summed E-state index contributed by atoms with van der Waals surface area (Å²) in [6, 6.07) is 8.34. The van der Waals surface area contributed by atoms with Crippen LogP contribution < -0.4 is 0 Å². The van der Waals surface area contributed by atoms with Crippen molar-refractivity contribution in [3.63, 3.8) is 0 Å². The molecule has 0 N–H and O–H groups in total. The summed E-state index contributed by atoms with van der Waals surface area (Å²) in [5.74, 6) is -0.283. The van der Waals surface area contributed by atoms with E-state index in [1.807, 2.05) is 0 Å². The molecule has 0 spiro atoms. The number of hydrogen-bond acceptors (Lipinski definition) is 3. The van der Waals surface area contributed by atoms with E-state index < -0.39 is 15.1 Å². The van der Waals surface area contributed by atoms with Crippen molar-refractivity contribution in [2.45, 2.75) is 57.2 Å². The fourth-order valence-electron chi connectivity index (χ4n) is 3.00. The molecule has 1 fully saturated rings. The van der Waals surface area contributed by atoms with Gasteiger partial charge in [0.1, 0.15) is 5.25 Å². The second-order valence-corrected chi connectivity index (χ2v) is 9.90. The Hall–Kier alpha value is -1.36. The van der Waals surface area contributed by atoms with Crippen LogP contribution in [0.1, 0.15) is 57.7 Å². The Bertz CT molecular complexity index is 671. The highest BCUT2D eigenvalue weighted by atomic mass is 32.2. The van der Waals surface area contributed by atoms with Gasteiger partial charge in [-0.25, -0.2) is 8.42 Å². The lowest BCUT2D eigenvalue weighted by Crippen LogP contribution is -2.40. The maximum atomic E-state index is 12.5. The van der Waals surface area contributed by atoms with Gasteiger partial charge in [-0.05, 0) is 36.3 Å². The number of carbonyl (C=O) groups is 1. The van der Waals surface area contributed by atoms with Crippen LogP contribution in [-0.4, -0.2) is 37.3 Å². The average Bonchev–Trinajstić information content (AvgIpc) is 2.93. The molecule has 0 aliphatic carbocycles. The smallest absolute Gasteiger partial charge is 0.241 e. The Morgan fingerprint density at radius 2 is 1.78 bits per heavy atom. The van der Waals surface area contributed by atoms with Crippen molar-refractivity contribution in [3.8, 4) is 0 Å². The molecule has 1 aromatic carbocycles. The highest BCUT2D eigenvalue weighted by molar-refractivity contribution is 7.92. The predicted molar refractivity (Wildman–Crippen MR) is 93.1 cm³/mol. The summed E-state index contributed by atoms with van der Waals surface area (Å²) in [5.41, 5.74) is 2.43. The summed E-state index contributed by atoms with van der Waals surface area (Å²) >= 11 is 0. The fourth-order valence-corrected chi connectivity index (χ4v) is 3.50. The van der Waals surface area contributed by atoms with Gasteiger partial charge in [-0.1, -0.05) is 45.0 Å². The molecule has 128 valence electrons. The SMILES string of the molecule is C[C@H](C(=O)N1CCC[C@H]1c1ccc(C(C)(C)C)cc1)S(C)(=O)=O. The number of carbonyl (C=O) groups excluding carboxylic acids is 1. The molecular weight excluding hydrogens is 310 g/mol. The van der Waals surface area contributed by atoms with E-state index in [0.29, 0.717) is 6.54 Å². The van der Waals surface area contributed by atoms with Gasteiger partial charge < -0.3 is 4.90 Å². The van der Waals surface area contributed by atoms with Crippen molar-refractivity contribution >= 4 is 15.7 Å². The Labute approximate surface area is 139 Å². The largest absolute Gasteiger partial charge is 0.335 e. The zero-order chi connectivity index (χ0) is 17.4. The lowest BCUT2D eigenvalue weighted by Gasteiger charge is -2.28. The Morgan fingerprint density at radius 3 is 2.26 bits per heavy atom. The van der Waals surface area contributed by atoms with Crippen LogP contribution in [0.4, 0.5) is 0 Å². The summed E-state index contributed by atoms with van der Waals surface area (Å²) in [6.45, 7) is 8.61. The van der Waals surface area contributed by atoms with Crippen molar-refractivity contribution in [1.82, 2.24) is 4.90 Å². The molecule has 0 saturated carbocycles. The summed E-state index contributed by atoms with van der Waals surface area (Å²) in [6.07, 6.45) is 2.92. The van der Waals surface area contributed by atoms with E-state index >= 15 is 0 Å². The van der Waals surface area contributed by atoms with Gasteiger partial charge in [0.2, 0.25) is 5.91 Å². The first-order valence-electron chi connectivity index (χ1n) is 8.11. The fraction of sp³-hybridized carbons (Fsp3) is 0.611. The second kappa shape index (κ2) is 6.27. The molecule has 1 saturated heterocycles. The normalized spacial score (nSPS) is 20.6. The summed E-state index contributed by atoms with van der Waals surface area (Å²) in [5, 5.41) is -0.975. The van der Waals surface area contributed by atoms with Crippen LogP contribution in [0.15, 0.2) is 24.3 Å². The molecule has 0 unspecified atom stereocenters. The third-order valence-electron chi connectivity index (χ3n) is 4.69. The summed E-state index contributed by atoms with van der Waals surface area (Å²) in [7, 11) is -3.36. The summed E-state index contributed by atoms with van der Waals surface area (Å²) in [4.78, 5) is 14.3. The topological polar surface area (TPSA) is 54.5 Å². The van der Waals surface area contributed by atoms with Gasteiger partial charge in [-0.15, -0.1) is 0 Å². The van der Waals surface area contributed by atoms with Crippen LogP contribution in [0, 0.1) is 0 Å². The quantitative estimate of drug-likeness (QED) is 0.852. The molecule has 23 heavy (non-hydrogen) atoms. The number of amides is 1. The highest BCUT2D eigenvalue weighted by Gasteiger charge is 2.35. The van der Waals surface area contributed by atoms with E-state index in [0.717, 1.165) is 24.7 Å². The number of sulfone groups is 1. The van der Waals surface area contributed by atoms with Crippen LogP contribution in [0.25, 0.3) is 0 Å². The highest BCUT2D eigenvalue weighted by Crippen LogP contribution is 2.34. The molecule has 0 radical (unpaired) electrons. The molecule has 2 atom stereocenters. The first-order chi connectivity index (χ1) is 10.5. The van der Waals surface area contributed by atoms with Crippen LogP contribution in [0.5, 0.6) is 0 Å². The Balaban J connectivity index is 2.24. The molecule has 1 heterocycles.